The predicted octanol–water partition coefficient (Wildman–Crippen LogP) is 3.77. The number of carbonyl (C=O) groups excluding carboxylic acids is 1. The fourth-order valence-electron chi connectivity index (χ4n) is 4.03. The number of fused-ring (bicyclic) bond motifs is 1. The van der Waals surface area contributed by atoms with Crippen molar-refractivity contribution in [3.05, 3.63) is 77.2 Å². The largest absolute Gasteiger partial charge is 0.494 e. The summed E-state index contributed by atoms with van der Waals surface area (Å²) in [7, 11) is 5.02. The summed E-state index contributed by atoms with van der Waals surface area (Å²) in [6.45, 7) is 0. The van der Waals surface area contributed by atoms with Gasteiger partial charge < -0.3 is 15.0 Å². The predicted molar refractivity (Wildman–Crippen MR) is 126 cm³/mol. The summed E-state index contributed by atoms with van der Waals surface area (Å²) >= 11 is 0. The SMILES string of the molecule is COc1ccc([C@H](NC(=O)c2cc(F)c3cnc(N(C)C4CC4)nc3c2)c2cnn(C)c2)cc1F. The van der Waals surface area contributed by atoms with E-state index in [1.54, 1.807) is 30.2 Å². The fourth-order valence-corrected chi connectivity index (χ4v) is 4.03. The molecule has 1 saturated carbocycles. The minimum absolute atomic E-state index is 0.0910. The zero-order chi connectivity index (χ0) is 24.7. The summed E-state index contributed by atoms with van der Waals surface area (Å²) in [4.78, 5) is 24.0. The normalized spacial score (nSPS) is 14.1. The lowest BCUT2D eigenvalue weighted by molar-refractivity contribution is 0.0942. The quantitative estimate of drug-likeness (QED) is 0.435. The van der Waals surface area contributed by atoms with E-state index in [0.29, 0.717) is 28.6 Å². The van der Waals surface area contributed by atoms with Crippen molar-refractivity contribution in [1.29, 1.82) is 0 Å². The van der Waals surface area contributed by atoms with Crippen molar-refractivity contribution in [3.63, 3.8) is 0 Å². The Morgan fingerprint density at radius 1 is 1.17 bits per heavy atom. The summed E-state index contributed by atoms with van der Waals surface area (Å²) in [5.74, 6) is -1.12. The monoisotopic (exact) mass is 478 g/mol. The maximum Gasteiger partial charge on any atom is 0.252 e. The van der Waals surface area contributed by atoms with Crippen molar-refractivity contribution in [2.45, 2.75) is 24.9 Å². The van der Waals surface area contributed by atoms with Crippen LogP contribution in [0.15, 0.2) is 48.9 Å². The number of rotatable bonds is 7. The lowest BCUT2D eigenvalue weighted by atomic mass is 10.0. The van der Waals surface area contributed by atoms with Crippen LogP contribution in [-0.2, 0) is 7.05 Å². The first-order valence-corrected chi connectivity index (χ1v) is 11.2. The molecule has 2 aromatic carbocycles. The molecule has 180 valence electrons. The van der Waals surface area contributed by atoms with Gasteiger partial charge in [-0.3, -0.25) is 9.48 Å². The highest BCUT2D eigenvalue weighted by molar-refractivity contribution is 5.98. The van der Waals surface area contributed by atoms with Gasteiger partial charge in [-0.1, -0.05) is 6.07 Å². The number of ether oxygens (including phenoxy) is 1. The highest BCUT2D eigenvalue weighted by atomic mass is 19.1. The van der Waals surface area contributed by atoms with Crippen LogP contribution >= 0.6 is 0 Å². The van der Waals surface area contributed by atoms with E-state index in [4.69, 9.17) is 4.74 Å². The molecule has 0 unspecified atom stereocenters. The van der Waals surface area contributed by atoms with E-state index in [2.05, 4.69) is 20.4 Å². The Bertz CT molecular complexity index is 1420. The molecular formula is C25H24F2N6O2. The van der Waals surface area contributed by atoms with Crippen molar-refractivity contribution < 1.29 is 18.3 Å². The standard InChI is InChI=1S/C25H24F2N6O2/c1-32-13-16(11-29-32)23(14-4-7-22(35-3)20(27)8-14)31-24(34)15-9-19(26)18-12-28-25(30-21(18)10-15)33(2)17-5-6-17/h4,7-13,17,23H,5-6H2,1-3H3,(H,31,34)/t23-/m0/s1. The first kappa shape index (κ1) is 22.7. The van der Waals surface area contributed by atoms with Crippen molar-refractivity contribution in [2.24, 2.45) is 7.05 Å². The van der Waals surface area contributed by atoms with E-state index >= 15 is 0 Å². The highest BCUT2D eigenvalue weighted by Gasteiger charge is 2.28. The molecule has 1 atom stereocenters. The van der Waals surface area contributed by atoms with Gasteiger partial charge in [0.05, 0.1) is 30.3 Å². The van der Waals surface area contributed by atoms with Crippen LogP contribution in [0.3, 0.4) is 0 Å². The molecule has 1 aliphatic carbocycles. The number of hydrogen-bond donors (Lipinski definition) is 1. The minimum atomic E-state index is -0.725. The topological polar surface area (TPSA) is 85.2 Å². The lowest BCUT2D eigenvalue weighted by Crippen LogP contribution is -2.29. The number of methoxy groups -OCH3 is 1. The number of hydrogen-bond acceptors (Lipinski definition) is 6. The molecule has 4 aromatic rings. The number of nitrogens with one attached hydrogen (secondary N) is 1. The second kappa shape index (κ2) is 8.94. The molecule has 1 N–H and O–H groups in total. The van der Waals surface area contributed by atoms with Gasteiger partial charge in [0.25, 0.3) is 5.91 Å². The molecule has 0 spiro atoms. The van der Waals surface area contributed by atoms with Gasteiger partial charge in [-0.25, -0.2) is 18.7 Å². The number of benzene rings is 2. The molecule has 35 heavy (non-hydrogen) atoms. The maximum atomic E-state index is 14.9. The Kier molecular flexibility index (Phi) is 5.80. The van der Waals surface area contributed by atoms with Crippen LogP contribution in [0.4, 0.5) is 14.7 Å². The van der Waals surface area contributed by atoms with Gasteiger partial charge >= 0.3 is 0 Å². The van der Waals surface area contributed by atoms with E-state index in [1.165, 1.54) is 31.5 Å². The molecule has 5 rings (SSSR count). The smallest absolute Gasteiger partial charge is 0.252 e. The number of aryl methyl sites for hydroxylation is 1. The summed E-state index contributed by atoms with van der Waals surface area (Å²) in [6.07, 6.45) is 6.88. The van der Waals surface area contributed by atoms with Crippen LogP contribution in [0.25, 0.3) is 10.9 Å². The van der Waals surface area contributed by atoms with Crippen LogP contribution in [0.1, 0.15) is 40.4 Å². The van der Waals surface area contributed by atoms with Crippen molar-refractivity contribution in [2.75, 3.05) is 19.1 Å². The molecule has 2 heterocycles. The number of nitrogens with zero attached hydrogens (tertiary/aromatic N) is 5. The summed E-state index contributed by atoms with van der Waals surface area (Å²) in [6, 6.07) is 6.80. The third kappa shape index (κ3) is 4.51. The molecule has 1 amide bonds. The van der Waals surface area contributed by atoms with Crippen LogP contribution in [-0.4, -0.2) is 45.9 Å². The molecule has 0 aliphatic heterocycles. The summed E-state index contributed by atoms with van der Waals surface area (Å²) in [5, 5.41) is 7.28. The lowest BCUT2D eigenvalue weighted by Gasteiger charge is -2.19. The van der Waals surface area contributed by atoms with Gasteiger partial charge in [-0.05, 0) is 42.7 Å². The summed E-state index contributed by atoms with van der Waals surface area (Å²) < 4.78 is 35.9. The molecule has 1 aliphatic rings. The zero-order valence-electron chi connectivity index (χ0n) is 19.5. The third-order valence-corrected chi connectivity index (χ3v) is 6.15. The van der Waals surface area contributed by atoms with E-state index in [-0.39, 0.29) is 16.7 Å². The number of carbonyl (C=O) groups is 1. The Labute approximate surface area is 200 Å². The second-order valence-corrected chi connectivity index (χ2v) is 8.65. The van der Waals surface area contributed by atoms with E-state index in [0.717, 1.165) is 18.9 Å². The maximum absolute atomic E-state index is 14.9. The van der Waals surface area contributed by atoms with Crippen molar-refractivity contribution >= 4 is 22.8 Å². The van der Waals surface area contributed by atoms with Crippen LogP contribution in [0, 0.1) is 11.6 Å². The Morgan fingerprint density at radius 2 is 1.97 bits per heavy atom. The van der Waals surface area contributed by atoms with Gasteiger partial charge in [0.15, 0.2) is 11.6 Å². The number of amides is 1. The molecule has 0 bridgehead atoms. The van der Waals surface area contributed by atoms with Gasteiger partial charge in [0, 0.05) is 43.7 Å². The molecule has 8 nitrogen and oxygen atoms in total. The minimum Gasteiger partial charge on any atom is -0.494 e. The molecular weight excluding hydrogens is 454 g/mol. The average Bonchev–Trinajstić information content (AvgIpc) is 3.61. The van der Waals surface area contributed by atoms with Crippen molar-refractivity contribution in [1.82, 2.24) is 25.1 Å². The van der Waals surface area contributed by atoms with Crippen LogP contribution in [0.5, 0.6) is 5.75 Å². The Morgan fingerprint density at radius 3 is 2.63 bits per heavy atom. The van der Waals surface area contributed by atoms with Crippen LogP contribution in [0.2, 0.25) is 0 Å². The molecule has 2 aromatic heterocycles. The number of halogens is 2. The zero-order valence-corrected chi connectivity index (χ0v) is 19.5. The molecule has 0 saturated heterocycles. The van der Waals surface area contributed by atoms with Crippen LogP contribution < -0.4 is 15.0 Å². The highest BCUT2D eigenvalue weighted by Crippen LogP contribution is 2.30. The average molecular weight is 479 g/mol. The van der Waals surface area contributed by atoms with E-state index in [9.17, 15) is 13.6 Å². The Hall–Kier alpha value is -4.08. The second-order valence-electron chi connectivity index (χ2n) is 8.65. The molecule has 1 fully saturated rings. The number of aromatic nitrogens is 4. The number of anilines is 1. The van der Waals surface area contributed by atoms with Gasteiger partial charge in [-0.15, -0.1) is 0 Å². The van der Waals surface area contributed by atoms with E-state index in [1.807, 2.05) is 11.9 Å². The Balaban J connectivity index is 1.49. The third-order valence-electron chi connectivity index (χ3n) is 6.15. The first-order chi connectivity index (χ1) is 16.8. The summed E-state index contributed by atoms with van der Waals surface area (Å²) in [5.41, 5.74) is 1.56. The van der Waals surface area contributed by atoms with E-state index < -0.39 is 23.6 Å². The molecule has 0 radical (unpaired) electrons. The molecule has 10 heteroatoms. The first-order valence-electron chi connectivity index (χ1n) is 11.2. The fraction of sp³-hybridized carbons (Fsp3) is 0.280. The van der Waals surface area contributed by atoms with Gasteiger partial charge in [0.1, 0.15) is 5.82 Å². The van der Waals surface area contributed by atoms with Gasteiger partial charge in [0.2, 0.25) is 5.95 Å². The van der Waals surface area contributed by atoms with Crippen molar-refractivity contribution in [3.8, 4) is 5.75 Å². The van der Waals surface area contributed by atoms with Gasteiger partial charge in [-0.2, -0.15) is 5.10 Å².